The van der Waals surface area contributed by atoms with E-state index in [1.54, 1.807) is 7.11 Å². The van der Waals surface area contributed by atoms with Gasteiger partial charge in [0, 0.05) is 17.5 Å². The number of rotatable bonds is 5. The molecule has 19 heavy (non-hydrogen) atoms. The third-order valence-corrected chi connectivity index (χ3v) is 4.45. The van der Waals surface area contributed by atoms with Crippen LogP contribution >= 0.6 is 0 Å². The van der Waals surface area contributed by atoms with Crippen molar-refractivity contribution in [2.45, 2.75) is 51.4 Å². The van der Waals surface area contributed by atoms with Crippen LogP contribution in [0.4, 0.5) is 0 Å². The van der Waals surface area contributed by atoms with Gasteiger partial charge in [-0.1, -0.05) is 43.9 Å². The van der Waals surface area contributed by atoms with Crippen molar-refractivity contribution < 1.29 is 4.74 Å². The monoisotopic (exact) mass is 261 g/mol. The van der Waals surface area contributed by atoms with E-state index >= 15 is 0 Å². The first-order valence-corrected chi connectivity index (χ1v) is 7.58. The second kappa shape index (κ2) is 6.42. The summed E-state index contributed by atoms with van der Waals surface area (Å²) in [5.74, 6) is 1.06. The standard InChI is InChI=1S/C17H27NO/c1-4-18-13-17(10-6-5-7-11-17)15-12-14(2)8-9-16(15)19-3/h8-9,12,18H,4-7,10-11,13H2,1-3H3. The zero-order valence-corrected chi connectivity index (χ0v) is 12.6. The van der Waals surface area contributed by atoms with Crippen molar-refractivity contribution in [3.05, 3.63) is 29.3 Å². The van der Waals surface area contributed by atoms with Crippen LogP contribution in [-0.4, -0.2) is 20.2 Å². The molecule has 0 aliphatic heterocycles. The molecule has 106 valence electrons. The second-order valence-electron chi connectivity index (χ2n) is 5.83. The van der Waals surface area contributed by atoms with Crippen molar-refractivity contribution in [1.82, 2.24) is 5.32 Å². The third-order valence-electron chi connectivity index (χ3n) is 4.45. The normalized spacial score (nSPS) is 18.3. The molecule has 0 radical (unpaired) electrons. The van der Waals surface area contributed by atoms with Crippen molar-refractivity contribution in [3.8, 4) is 5.75 Å². The molecule has 1 aromatic carbocycles. The maximum Gasteiger partial charge on any atom is 0.122 e. The number of hydrogen-bond donors (Lipinski definition) is 1. The van der Waals surface area contributed by atoms with E-state index in [1.165, 1.54) is 43.2 Å². The van der Waals surface area contributed by atoms with E-state index in [4.69, 9.17) is 4.74 Å². The first-order valence-electron chi connectivity index (χ1n) is 7.58. The van der Waals surface area contributed by atoms with Crippen LogP contribution in [-0.2, 0) is 5.41 Å². The summed E-state index contributed by atoms with van der Waals surface area (Å²) in [4.78, 5) is 0. The minimum Gasteiger partial charge on any atom is -0.496 e. The lowest BCUT2D eigenvalue weighted by Gasteiger charge is -2.39. The molecule has 0 unspecified atom stereocenters. The van der Waals surface area contributed by atoms with Crippen LogP contribution < -0.4 is 10.1 Å². The fourth-order valence-electron chi connectivity index (χ4n) is 3.37. The summed E-state index contributed by atoms with van der Waals surface area (Å²) in [6, 6.07) is 6.61. The summed E-state index contributed by atoms with van der Waals surface area (Å²) < 4.78 is 5.63. The summed E-state index contributed by atoms with van der Waals surface area (Å²) in [5.41, 5.74) is 3.01. The smallest absolute Gasteiger partial charge is 0.122 e. The number of nitrogens with one attached hydrogen (secondary N) is 1. The van der Waals surface area contributed by atoms with Crippen molar-refractivity contribution in [2.24, 2.45) is 0 Å². The highest BCUT2D eigenvalue weighted by atomic mass is 16.5. The predicted molar refractivity (Wildman–Crippen MR) is 81.0 cm³/mol. The summed E-state index contributed by atoms with van der Waals surface area (Å²) in [6.07, 6.45) is 6.60. The molecule has 1 aliphatic carbocycles. The molecule has 1 N–H and O–H groups in total. The zero-order chi connectivity index (χ0) is 13.7. The average Bonchev–Trinajstić information content (AvgIpc) is 2.46. The number of methoxy groups -OCH3 is 1. The molecule has 0 spiro atoms. The maximum absolute atomic E-state index is 5.63. The predicted octanol–water partition coefficient (Wildman–Crippen LogP) is 3.82. The molecule has 2 nitrogen and oxygen atoms in total. The van der Waals surface area contributed by atoms with E-state index in [-0.39, 0.29) is 5.41 Å². The Morgan fingerprint density at radius 2 is 1.95 bits per heavy atom. The number of ether oxygens (including phenoxy) is 1. The summed E-state index contributed by atoms with van der Waals surface area (Å²) in [7, 11) is 1.79. The SMILES string of the molecule is CCNCC1(c2cc(C)ccc2OC)CCCCC1. The van der Waals surface area contributed by atoms with Crippen LogP contribution in [0.25, 0.3) is 0 Å². The largest absolute Gasteiger partial charge is 0.496 e. The lowest BCUT2D eigenvalue weighted by atomic mass is 9.68. The Morgan fingerprint density at radius 1 is 1.21 bits per heavy atom. The van der Waals surface area contributed by atoms with Gasteiger partial charge in [-0.2, -0.15) is 0 Å². The number of hydrogen-bond acceptors (Lipinski definition) is 2. The minimum absolute atomic E-state index is 0.269. The Kier molecular flexibility index (Phi) is 4.87. The molecule has 1 aromatic rings. The van der Waals surface area contributed by atoms with Gasteiger partial charge in [-0.25, -0.2) is 0 Å². The topological polar surface area (TPSA) is 21.3 Å². The molecule has 1 fully saturated rings. The van der Waals surface area contributed by atoms with Crippen molar-refractivity contribution in [3.63, 3.8) is 0 Å². The Bertz CT molecular complexity index is 408. The molecule has 0 bridgehead atoms. The van der Waals surface area contributed by atoms with Gasteiger partial charge in [0.2, 0.25) is 0 Å². The molecular formula is C17H27NO. The van der Waals surface area contributed by atoms with Crippen LogP contribution in [0.5, 0.6) is 5.75 Å². The van der Waals surface area contributed by atoms with Gasteiger partial charge in [-0.3, -0.25) is 0 Å². The summed E-state index contributed by atoms with van der Waals surface area (Å²) in [6.45, 7) is 6.47. The first-order chi connectivity index (χ1) is 9.22. The van der Waals surface area contributed by atoms with Gasteiger partial charge >= 0.3 is 0 Å². The van der Waals surface area contributed by atoms with E-state index in [9.17, 15) is 0 Å². The number of aryl methyl sites for hydroxylation is 1. The zero-order valence-electron chi connectivity index (χ0n) is 12.6. The minimum atomic E-state index is 0.269. The quantitative estimate of drug-likeness (QED) is 0.870. The van der Waals surface area contributed by atoms with Crippen molar-refractivity contribution in [2.75, 3.05) is 20.2 Å². The molecular weight excluding hydrogens is 234 g/mol. The third kappa shape index (κ3) is 3.11. The Hall–Kier alpha value is -1.02. The van der Waals surface area contributed by atoms with Gasteiger partial charge in [0.15, 0.2) is 0 Å². The summed E-state index contributed by atoms with van der Waals surface area (Å²) >= 11 is 0. The van der Waals surface area contributed by atoms with Crippen LogP contribution in [0.15, 0.2) is 18.2 Å². The maximum atomic E-state index is 5.63. The highest BCUT2D eigenvalue weighted by Crippen LogP contribution is 2.43. The fourth-order valence-corrected chi connectivity index (χ4v) is 3.37. The van der Waals surface area contributed by atoms with E-state index in [2.05, 4.69) is 37.4 Å². The fraction of sp³-hybridized carbons (Fsp3) is 0.647. The highest BCUT2D eigenvalue weighted by Gasteiger charge is 2.35. The van der Waals surface area contributed by atoms with Crippen molar-refractivity contribution in [1.29, 1.82) is 0 Å². The molecule has 0 atom stereocenters. The van der Waals surface area contributed by atoms with Crippen LogP contribution in [0.1, 0.15) is 50.2 Å². The second-order valence-corrected chi connectivity index (χ2v) is 5.83. The molecule has 1 aliphatic rings. The molecule has 0 aromatic heterocycles. The number of benzene rings is 1. The van der Waals surface area contributed by atoms with Gasteiger partial charge in [-0.15, -0.1) is 0 Å². The average molecular weight is 261 g/mol. The van der Waals surface area contributed by atoms with E-state index in [0.717, 1.165) is 18.8 Å². The van der Waals surface area contributed by atoms with Gasteiger partial charge in [-0.05, 0) is 32.4 Å². The van der Waals surface area contributed by atoms with E-state index in [0.29, 0.717) is 0 Å². The molecule has 0 amide bonds. The van der Waals surface area contributed by atoms with Crippen molar-refractivity contribution >= 4 is 0 Å². The molecule has 1 saturated carbocycles. The van der Waals surface area contributed by atoms with Gasteiger partial charge in [0.25, 0.3) is 0 Å². The highest BCUT2D eigenvalue weighted by molar-refractivity contribution is 5.43. The van der Waals surface area contributed by atoms with Crippen LogP contribution in [0.2, 0.25) is 0 Å². The van der Waals surface area contributed by atoms with Crippen LogP contribution in [0.3, 0.4) is 0 Å². The van der Waals surface area contributed by atoms with Gasteiger partial charge < -0.3 is 10.1 Å². The Balaban J connectivity index is 2.38. The molecule has 0 saturated heterocycles. The van der Waals surface area contributed by atoms with Crippen LogP contribution in [0, 0.1) is 6.92 Å². The van der Waals surface area contributed by atoms with Gasteiger partial charge in [0.05, 0.1) is 7.11 Å². The summed E-state index contributed by atoms with van der Waals surface area (Å²) in [5, 5.41) is 3.57. The van der Waals surface area contributed by atoms with E-state index < -0.39 is 0 Å². The Morgan fingerprint density at radius 3 is 2.58 bits per heavy atom. The lowest BCUT2D eigenvalue weighted by molar-refractivity contribution is 0.271. The first kappa shape index (κ1) is 14.4. The van der Waals surface area contributed by atoms with Gasteiger partial charge in [0.1, 0.15) is 5.75 Å². The van der Waals surface area contributed by atoms with E-state index in [1.807, 2.05) is 0 Å². The molecule has 0 heterocycles. The number of likely N-dealkylation sites (N-methyl/N-ethyl adjacent to an activating group) is 1. The molecule has 2 rings (SSSR count). The lowest BCUT2D eigenvalue weighted by Crippen LogP contribution is -2.40. The molecule has 2 heteroatoms. The Labute approximate surface area is 117 Å².